The van der Waals surface area contributed by atoms with E-state index in [1.165, 1.54) is 4.88 Å². The predicted molar refractivity (Wildman–Crippen MR) is 76.2 cm³/mol. The highest BCUT2D eigenvalue weighted by atomic mass is 32.1. The smallest absolute Gasteiger partial charge is 0.138 e. The normalized spacial score (nSPS) is 14.7. The number of aromatic nitrogens is 2. The molecule has 2 rings (SSSR count). The van der Waals surface area contributed by atoms with E-state index in [-0.39, 0.29) is 12.1 Å². The zero-order valence-electron chi connectivity index (χ0n) is 11.0. The molecule has 0 aromatic carbocycles. The summed E-state index contributed by atoms with van der Waals surface area (Å²) < 4.78 is 0. The van der Waals surface area contributed by atoms with Crippen LogP contribution >= 0.6 is 11.3 Å². The van der Waals surface area contributed by atoms with E-state index in [0.29, 0.717) is 0 Å². The first-order valence-electron chi connectivity index (χ1n) is 6.24. The van der Waals surface area contributed by atoms with Crippen LogP contribution in [0.2, 0.25) is 0 Å². The van der Waals surface area contributed by atoms with Crippen LogP contribution < -0.4 is 5.32 Å². The standard InChI is InChI=1S/C13H19N3OS/c1-4-9-6-10-11(14-8-15-12(10)18-9)16-13(3,5-2)7-17/h6,8,17H,4-5,7H2,1-3H3,(H,14,15,16)/t13-/m0/s1. The van der Waals surface area contributed by atoms with Gasteiger partial charge in [0.1, 0.15) is 17.0 Å². The fourth-order valence-electron chi connectivity index (χ4n) is 1.70. The lowest BCUT2D eigenvalue weighted by Crippen LogP contribution is -2.38. The van der Waals surface area contributed by atoms with Gasteiger partial charge in [-0.2, -0.15) is 0 Å². The van der Waals surface area contributed by atoms with Gasteiger partial charge in [-0.25, -0.2) is 9.97 Å². The zero-order chi connectivity index (χ0) is 13.2. The van der Waals surface area contributed by atoms with Crippen molar-refractivity contribution in [1.82, 2.24) is 9.97 Å². The van der Waals surface area contributed by atoms with Gasteiger partial charge in [-0.3, -0.25) is 0 Å². The highest BCUT2D eigenvalue weighted by molar-refractivity contribution is 7.18. The van der Waals surface area contributed by atoms with Crippen molar-refractivity contribution in [2.75, 3.05) is 11.9 Å². The number of nitrogens with one attached hydrogen (secondary N) is 1. The summed E-state index contributed by atoms with van der Waals surface area (Å²) in [5.74, 6) is 0.814. The lowest BCUT2D eigenvalue weighted by molar-refractivity contribution is 0.218. The monoisotopic (exact) mass is 265 g/mol. The third-order valence-electron chi connectivity index (χ3n) is 3.28. The molecule has 0 saturated carbocycles. The van der Waals surface area contributed by atoms with E-state index in [9.17, 15) is 5.11 Å². The molecule has 0 spiro atoms. The van der Waals surface area contributed by atoms with Gasteiger partial charge in [0.05, 0.1) is 17.5 Å². The predicted octanol–water partition coefficient (Wildman–Crippen LogP) is 2.83. The second-order valence-electron chi connectivity index (χ2n) is 4.70. The summed E-state index contributed by atoms with van der Waals surface area (Å²) in [6, 6.07) is 2.13. The Kier molecular flexibility index (Phi) is 3.82. The first-order chi connectivity index (χ1) is 8.61. The topological polar surface area (TPSA) is 58.0 Å². The van der Waals surface area contributed by atoms with E-state index >= 15 is 0 Å². The Balaban J connectivity index is 2.41. The molecule has 0 aliphatic heterocycles. The van der Waals surface area contributed by atoms with Crippen LogP contribution in [-0.4, -0.2) is 27.2 Å². The molecule has 2 aromatic rings. The van der Waals surface area contributed by atoms with E-state index < -0.39 is 0 Å². The number of thiophene rings is 1. The molecule has 0 fully saturated rings. The van der Waals surface area contributed by atoms with E-state index in [2.05, 4.69) is 28.3 Å². The first kappa shape index (κ1) is 13.2. The van der Waals surface area contributed by atoms with Gasteiger partial charge < -0.3 is 10.4 Å². The van der Waals surface area contributed by atoms with E-state index in [0.717, 1.165) is 28.9 Å². The number of fused-ring (bicyclic) bond motifs is 1. The van der Waals surface area contributed by atoms with Crippen LogP contribution in [0.1, 0.15) is 32.1 Å². The summed E-state index contributed by atoms with van der Waals surface area (Å²) in [6.07, 6.45) is 3.42. The van der Waals surface area contributed by atoms with Gasteiger partial charge in [0, 0.05) is 4.88 Å². The average molecular weight is 265 g/mol. The molecule has 5 heteroatoms. The molecule has 0 bridgehead atoms. The van der Waals surface area contributed by atoms with Gasteiger partial charge >= 0.3 is 0 Å². The highest BCUT2D eigenvalue weighted by Gasteiger charge is 2.22. The summed E-state index contributed by atoms with van der Waals surface area (Å²) >= 11 is 1.70. The fourth-order valence-corrected chi connectivity index (χ4v) is 2.64. The molecule has 2 aromatic heterocycles. The minimum atomic E-state index is -0.338. The molecular formula is C13H19N3OS. The zero-order valence-corrected chi connectivity index (χ0v) is 11.8. The second-order valence-corrected chi connectivity index (χ2v) is 5.82. The molecule has 0 saturated heterocycles. The van der Waals surface area contributed by atoms with Crippen LogP contribution in [0.4, 0.5) is 5.82 Å². The van der Waals surface area contributed by atoms with Crippen LogP contribution in [0, 0.1) is 0 Å². The van der Waals surface area contributed by atoms with E-state index in [4.69, 9.17) is 0 Å². The largest absolute Gasteiger partial charge is 0.394 e. The summed E-state index contributed by atoms with van der Waals surface area (Å²) in [4.78, 5) is 10.9. The van der Waals surface area contributed by atoms with Crippen molar-refractivity contribution in [3.63, 3.8) is 0 Å². The maximum atomic E-state index is 9.47. The molecule has 2 heterocycles. The molecule has 0 radical (unpaired) electrons. The summed E-state index contributed by atoms with van der Waals surface area (Å²) in [7, 11) is 0. The first-order valence-corrected chi connectivity index (χ1v) is 7.06. The lowest BCUT2D eigenvalue weighted by Gasteiger charge is -2.27. The third kappa shape index (κ3) is 2.47. The number of anilines is 1. The van der Waals surface area contributed by atoms with Crippen molar-refractivity contribution in [2.24, 2.45) is 0 Å². The fraction of sp³-hybridized carbons (Fsp3) is 0.538. The second kappa shape index (κ2) is 5.20. The SMILES string of the molecule is CCc1cc2c(N[C@@](C)(CC)CO)ncnc2s1. The van der Waals surface area contributed by atoms with Gasteiger partial charge in [0.25, 0.3) is 0 Å². The minimum absolute atomic E-state index is 0.0831. The number of aliphatic hydroxyl groups excluding tert-OH is 1. The number of rotatable bonds is 5. The number of hydrogen-bond acceptors (Lipinski definition) is 5. The van der Waals surface area contributed by atoms with Crippen molar-refractivity contribution >= 4 is 27.4 Å². The van der Waals surface area contributed by atoms with E-state index in [1.54, 1.807) is 17.7 Å². The Morgan fingerprint density at radius 1 is 1.39 bits per heavy atom. The van der Waals surface area contributed by atoms with Gasteiger partial charge in [0.15, 0.2) is 0 Å². The van der Waals surface area contributed by atoms with Crippen molar-refractivity contribution in [3.05, 3.63) is 17.3 Å². The number of hydrogen-bond donors (Lipinski definition) is 2. The number of aryl methyl sites for hydroxylation is 1. The maximum Gasteiger partial charge on any atom is 0.138 e. The molecule has 0 amide bonds. The van der Waals surface area contributed by atoms with Crippen molar-refractivity contribution in [2.45, 2.75) is 39.2 Å². The van der Waals surface area contributed by atoms with Gasteiger partial charge in [-0.15, -0.1) is 11.3 Å². The van der Waals surface area contributed by atoms with Crippen molar-refractivity contribution < 1.29 is 5.11 Å². The lowest BCUT2D eigenvalue weighted by atomic mass is 10.0. The molecule has 98 valence electrons. The Morgan fingerprint density at radius 2 is 2.17 bits per heavy atom. The minimum Gasteiger partial charge on any atom is -0.394 e. The molecule has 0 aliphatic rings. The van der Waals surface area contributed by atoms with Crippen LogP contribution in [0.25, 0.3) is 10.2 Å². The molecular weight excluding hydrogens is 246 g/mol. The summed E-state index contributed by atoms with van der Waals surface area (Å²) in [6.45, 7) is 6.26. The molecule has 0 unspecified atom stereocenters. The van der Waals surface area contributed by atoms with Gasteiger partial charge in [-0.05, 0) is 25.8 Å². The van der Waals surface area contributed by atoms with Gasteiger partial charge in [-0.1, -0.05) is 13.8 Å². The van der Waals surface area contributed by atoms with Crippen LogP contribution in [0.5, 0.6) is 0 Å². The molecule has 0 aliphatic carbocycles. The number of nitrogens with zero attached hydrogens (tertiary/aromatic N) is 2. The molecule has 18 heavy (non-hydrogen) atoms. The molecule has 1 atom stereocenters. The summed E-state index contributed by atoms with van der Waals surface area (Å²) in [5.41, 5.74) is -0.338. The van der Waals surface area contributed by atoms with Crippen molar-refractivity contribution in [3.8, 4) is 0 Å². The maximum absolute atomic E-state index is 9.47. The Morgan fingerprint density at radius 3 is 2.78 bits per heavy atom. The Hall–Kier alpha value is -1.20. The Bertz CT molecular complexity index is 534. The number of aliphatic hydroxyl groups is 1. The summed E-state index contributed by atoms with van der Waals surface area (Å²) in [5, 5.41) is 13.9. The average Bonchev–Trinajstić information content (AvgIpc) is 2.83. The van der Waals surface area contributed by atoms with Crippen molar-refractivity contribution in [1.29, 1.82) is 0 Å². The van der Waals surface area contributed by atoms with Crippen LogP contribution in [0.15, 0.2) is 12.4 Å². The Labute approximate surface area is 111 Å². The van der Waals surface area contributed by atoms with E-state index in [1.807, 2.05) is 13.8 Å². The van der Waals surface area contributed by atoms with Crippen LogP contribution in [-0.2, 0) is 6.42 Å². The van der Waals surface area contributed by atoms with Gasteiger partial charge in [0.2, 0.25) is 0 Å². The highest BCUT2D eigenvalue weighted by Crippen LogP contribution is 2.30. The third-order valence-corrected chi connectivity index (χ3v) is 4.47. The quantitative estimate of drug-likeness (QED) is 0.873. The molecule has 4 nitrogen and oxygen atoms in total. The molecule has 2 N–H and O–H groups in total. The van der Waals surface area contributed by atoms with Crippen LogP contribution in [0.3, 0.4) is 0 Å².